The van der Waals surface area contributed by atoms with Gasteiger partial charge in [-0.2, -0.15) is 11.8 Å². The summed E-state index contributed by atoms with van der Waals surface area (Å²) in [5.41, 5.74) is 0. The molecule has 0 saturated carbocycles. The maximum absolute atomic E-state index is 4.56. The minimum Gasteiger partial charge on any atom is -0.359 e. The molecule has 16 heavy (non-hydrogen) atoms. The standard InChI is InChI=1S/C11H18BrN3S/c1-8(2)11-13-9(12)7-10(14-11)15(3)5-6-16-4/h7-8H,5-6H2,1-4H3. The van der Waals surface area contributed by atoms with Crippen LogP contribution in [0.4, 0.5) is 5.82 Å². The molecule has 90 valence electrons. The summed E-state index contributed by atoms with van der Waals surface area (Å²) in [5.74, 6) is 3.33. The maximum Gasteiger partial charge on any atom is 0.134 e. The summed E-state index contributed by atoms with van der Waals surface area (Å²) in [6, 6.07) is 1.96. The summed E-state index contributed by atoms with van der Waals surface area (Å²) >= 11 is 5.28. The fourth-order valence-corrected chi connectivity index (χ4v) is 2.06. The Morgan fingerprint density at radius 3 is 2.69 bits per heavy atom. The second kappa shape index (κ2) is 6.45. The Labute approximate surface area is 110 Å². The van der Waals surface area contributed by atoms with Crippen LogP contribution in [-0.4, -0.2) is 35.6 Å². The maximum atomic E-state index is 4.56. The first-order valence-electron chi connectivity index (χ1n) is 5.29. The molecular formula is C11H18BrN3S. The molecule has 0 N–H and O–H groups in total. The lowest BCUT2D eigenvalue weighted by Crippen LogP contribution is -2.22. The SMILES string of the molecule is CSCCN(C)c1cc(Br)nc(C(C)C)n1. The fraction of sp³-hybridized carbons (Fsp3) is 0.636. The van der Waals surface area contributed by atoms with E-state index in [1.807, 2.05) is 17.8 Å². The van der Waals surface area contributed by atoms with Crippen LogP contribution in [0.1, 0.15) is 25.6 Å². The minimum atomic E-state index is 0.352. The minimum absolute atomic E-state index is 0.352. The van der Waals surface area contributed by atoms with E-state index in [2.05, 4.69) is 57.9 Å². The normalized spacial score (nSPS) is 10.9. The third-order valence-electron chi connectivity index (χ3n) is 2.24. The zero-order valence-electron chi connectivity index (χ0n) is 10.2. The molecule has 0 amide bonds. The lowest BCUT2D eigenvalue weighted by Gasteiger charge is -2.18. The van der Waals surface area contributed by atoms with Crippen LogP contribution < -0.4 is 4.90 Å². The van der Waals surface area contributed by atoms with E-state index in [9.17, 15) is 0 Å². The lowest BCUT2D eigenvalue weighted by molar-refractivity contribution is 0.761. The van der Waals surface area contributed by atoms with Crippen molar-refractivity contribution in [3.8, 4) is 0 Å². The predicted molar refractivity (Wildman–Crippen MR) is 75.5 cm³/mol. The van der Waals surface area contributed by atoms with Gasteiger partial charge in [0.2, 0.25) is 0 Å². The van der Waals surface area contributed by atoms with Crippen LogP contribution in [0.2, 0.25) is 0 Å². The van der Waals surface area contributed by atoms with Gasteiger partial charge in [-0.05, 0) is 22.2 Å². The number of rotatable bonds is 5. The summed E-state index contributed by atoms with van der Waals surface area (Å²) in [6.45, 7) is 5.21. The van der Waals surface area contributed by atoms with Crippen molar-refractivity contribution < 1.29 is 0 Å². The summed E-state index contributed by atoms with van der Waals surface area (Å²) in [5, 5.41) is 0. The molecule has 1 heterocycles. The number of aromatic nitrogens is 2. The van der Waals surface area contributed by atoms with Crippen LogP contribution in [0.5, 0.6) is 0 Å². The van der Waals surface area contributed by atoms with E-state index in [1.165, 1.54) is 0 Å². The monoisotopic (exact) mass is 303 g/mol. The number of hydrogen-bond donors (Lipinski definition) is 0. The van der Waals surface area contributed by atoms with Crippen LogP contribution in [0.15, 0.2) is 10.7 Å². The molecule has 0 fully saturated rings. The van der Waals surface area contributed by atoms with Gasteiger partial charge >= 0.3 is 0 Å². The Kier molecular flexibility index (Phi) is 5.55. The first-order chi connectivity index (χ1) is 7.54. The van der Waals surface area contributed by atoms with Crippen LogP contribution in [0.3, 0.4) is 0 Å². The van der Waals surface area contributed by atoms with Gasteiger partial charge in [-0.3, -0.25) is 0 Å². The smallest absolute Gasteiger partial charge is 0.134 e. The van der Waals surface area contributed by atoms with Gasteiger partial charge < -0.3 is 4.90 Å². The van der Waals surface area contributed by atoms with E-state index >= 15 is 0 Å². The van der Waals surface area contributed by atoms with Crippen LogP contribution in [0, 0.1) is 0 Å². The van der Waals surface area contributed by atoms with E-state index in [0.717, 1.165) is 28.5 Å². The Balaban J connectivity index is 2.86. The van der Waals surface area contributed by atoms with Crippen molar-refractivity contribution in [1.29, 1.82) is 0 Å². The van der Waals surface area contributed by atoms with Crippen molar-refractivity contribution in [3.05, 3.63) is 16.5 Å². The van der Waals surface area contributed by atoms with Gasteiger partial charge in [-0.15, -0.1) is 0 Å². The molecule has 1 aromatic heterocycles. The third kappa shape index (κ3) is 3.94. The number of anilines is 1. The van der Waals surface area contributed by atoms with Crippen molar-refractivity contribution >= 4 is 33.5 Å². The Morgan fingerprint density at radius 1 is 1.44 bits per heavy atom. The molecule has 0 aromatic carbocycles. The van der Waals surface area contributed by atoms with Gasteiger partial charge in [0.25, 0.3) is 0 Å². The molecule has 0 spiro atoms. The summed E-state index contributed by atoms with van der Waals surface area (Å²) in [4.78, 5) is 11.1. The number of thioether (sulfide) groups is 1. The third-order valence-corrected chi connectivity index (χ3v) is 3.23. The van der Waals surface area contributed by atoms with Crippen LogP contribution >= 0.6 is 27.7 Å². The second-order valence-electron chi connectivity index (χ2n) is 3.98. The van der Waals surface area contributed by atoms with E-state index in [-0.39, 0.29) is 0 Å². The molecule has 5 heteroatoms. The summed E-state index contributed by atoms with van der Waals surface area (Å²) in [7, 11) is 2.06. The van der Waals surface area contributed by atoms with E-state index in [4.69, 9.17) is 0 Å². The Hall–Kier alpha value is -0.290. The van der Waals surface area contributed by atoms with Gasteiger partial charge in [-0.25, -0.2) is 9.97 Å². The molecule has 3 nitrogen and oxygen atoms in total. The average molecular weight is 304 g/mol. The van der Waals surface area contributed by atoms with Crippen LogP contribution in [-0.2, 0) is 0 Å². The van der Waals surface area contributed by atoms with Gasteiger partial charge in [0.1, 0.15) is 16.2 Å². The van der Waals surface area contributed by atoms with Crippen LogP contribution in [0.25, 0.3) is 0 Å². The van der Waals surface area contributed by atoms with Crippen molar-refractivity contribution in [2.45, 2.75) is 19.8 Å². The Morgan fingerprint density at radius 2 is 2.12 bits per heavy atom. The van der Waals surface area contributed by atoms with E-state index in [0.29, 0.717) is 5.92 Å². The molecule has 0 aliphatic rings. The van der Waals surface area contributed by atoms with Gasteiger partial charge in [0.15, 0.2) is 0 Å². The number of hydrogen-bond acceptors (Lipinski definition) is 4. The summed E-state index contributed by atoms with van der Waals surface area (Å²) in [6.07, 6.45) is 2.11. The zero-order chi connectivity index (χ0) is 12.1. The highest BCUT2D eigenvalue weighted by molar-refractivity contribution is 9.10. The number of halogens is 1. The molecular weight excluding hydrogens is 286 g/mol. The quantitative estimate of drug-likeness (QED) is 0.781. The Bertz CT molecular complexity index is 344. The molecule has 0 aliphatic carbocycles. The number of nitrogens with zero attached hydrogens (tertiary/aromatic N) is 3. The molecule has 0 atom stereocenters. The topological polar surface area (TPSA) is 29.0 Å². The van der Waals surface area contributed by atoms with Crippen molar-refractivity contribution in [3.63, 3.8) is 0 Å². The molecule has 1 aromatic rings. The molecule has 0 radical (unpaired) electrons. The van der Waals surface area contributed by atoms with Gasteiger partial charge in [-0.1, -0.05) is 13.8 Å². The summed E-state index contributed by atoms with van der Waals surface area (Å²) < 4.78 is 0.859. The fourth-order valence-electron chi connectivity index (χ4n) is 1.22. The highest BCUT2D eigenvalue weighted by Crippen LogP contribution is 2.19. The van der Waals surface area contributed by atoms with Gasteiger partial charge in [0.05, 0.1) is 0 Å². The first kappa shape index (κ1) is 13.8. The molecule has 0 bridgehead atoms. The molecule has 0 unspecified atom stereocenters. The van der Waals surface area contributed by atoms with Crippen molar-refractivity contribution in [1.82, 2.24) is 9.97 Å². The van der Waals surface area contributed by atoms with Crippen molar-refractivity contribution in [2.75, 3.05) is 30.5 Å². The highest BCUT2D eigenvalue weighted by Gasteiger charge is 2.09. The van der Waals surface area contributed by atoms with Gasteiger partial charge in [0, 0.05) is 31.3 Å². The lowest BCUT2D eigenvalue weighted by atomic mass is 10.2. The molecule has 1 rings (SSSR count). The average Bonchev–Trinajstić information content (AvgIpc) is 2.24. The molecule has 0 aliphatic heterocycles. The largest absolute Gasteiger partial charge is 0.359 e. The van der Waals surface area contributed by atoms with Crippen molar-refractivity contribution in [2.24, 2.45) is 0 Å². The van der Waals surface area contributed by atoms with E-state index < -0.39 is 0 Å². The zero-order valence-corrected chi connectivity index (χ0v) is 12.6. The highest BCUT2D eigenvalue weighted by atomic mass is 79.9. The first-order valence-corrected chi connectivity index (χ1v) is 7.47. The van der Waals surface area contributed by atoms with E-state index in [1.54, 1.807) is 0 Å². The second-order valence-corrected chi connectivity index (χ2v) is 5.77. The molecule has 0 saturated heterocycles. The predicted octanol–water partition coefficient (Wildman–Crippen LogP) is 3.16.